The molecule has 2 N–H and O–H groups in total. The zero-order valence-corrected chi connectivity index (χ0v) is 8.81. The van der Waals surface area contributed by atoms with E-state index in [1.54, 1.807) is 18.5 Å². The molecular weight excluding hydrogens is 206 g/mol. The fourth-order valence-corrected chi connectivity index (χ4v) is 1.37. The monoisotopic (exact) mass is 219 g/mol. The first kappa shape index (κ1) is 10.5. The van der Waals surface area contributed by atoms with Crippen molar-refractivity contribution in [3.05, 3.63) is 18.5 Å². The van der Waals surface area contributed by atoms with Gasteiger partial charge in [0.05, 0.1) is 0 Å². The molecule has 1 aliphatic rings. The molecule has 16 heavy (non-hydrogen) atoms. The molecule has 0 spiro atoms. The van der Waals surface area contributed by atoms with E-state index in [4.69, 9.17) is 0 Å². The first-order valence-electron chi connectivity index (χ1n) is 5.23. The van der Waals surface area contributed by atoms with E-state index in [0.717, 1.165) is 19.4 Å². The summed E-state index contributed by atoms with van der Waals surface area (Å²) in [7, 11) is 0. The summed E-state index contributed by atoms with van der Waals surface area (Å²) in [6.45, 7) is 1.47. The third kappa shape index (κ3) is 2.75. The van der Waals surface area contributed by atoms with Gasteiger partial charge in [0.2, 0.25) is 5.95 Å². The van der Waals surface area contributed by atoms with Gasteiger partial charge in [-0.05, 0) is 18.9 Å². The molecule has 84 valence electrons. The minimum absolute atomic E-state index is 0.284. The number of hydrogen-bond donors (Lipinski definition) is 2. The maximum atomic E-state index is 11.7. The lowest BCUT2D eigenvalue weighted by Crippen LogP contribution is -2.35. The Morgan fingerprint density at radius 3 is 2.94 bits per heavy atom. The van der Waals surface area contributed by atoms with E-state index >= 15 is 0 Å². The molecule has 0 aromatic carbocycles. The van der Waals surface area contributed by atoms with Gasteiger partial charge in [-0.25, -0.2) is 9.97 Å². The van der Waals surface area contributed by atoms with E-state index in [1.807, 2.05) is 0 Å². The molecule has 0 radical (unpaired) electrons. The average molecular weight is 219 g/mol. The molecule has 2 rings (SSSR count). The Morgan fingerprint density at radius 1 is 1.31 bits per heavy atom. The van der Waals surface area contributed by atoms with E-state index < -0.39 is 0 Å². The van der Waals surface area contributed by atoms with Crippen molar-refractivity contribution in [2.75, 3.05) is 18.4 Å². The lowest BCUT2D eigenvalue weighted by molar-refractivity contribution is -0.110. The molecule has 0 atom stereocenters. The lowest BCUT2D eigenvalue weighted by Gasteiger charge is -2.06. The number of aromatic nitrogens is 2. The van der Waals surface area contributed by atoms with Crippen LogP contribution < -0.4 is 10.6 Å². The predicted molar refractivity (Wildman–Crippen MR) is 60.2 cm³/mol. The van der Waals surface area contributed by atoms with E-state index in [-0.39, 0.29) is 5.91 Å². The van der Waals surface area contributed by atoms with Crippen molar-refractivity contribution in [1.29, 1.82) is 0 Å². The standard InChI is InChI=1S/C10H13N5O/c16-9(8-11-4-1-2-5-12-8)15-10-13-6-3-7-14-10/h3,6-7H,1-2,4-5H2,(H,11,12)(H,13,14,15,16). The highest BCUT2D eigenvalue weighted by molar-refractivity contribution is 6.41. The zero-order valence-electron chi connectivity index (χ0n) is 8.81. The van der Waals surface area contributed by atoms with Crippen LogP contribution in [0.5, 0.6) is 0 Å². The molecule has 0 bridgehead atoms. The first-order chi connectivity index (χ1) is 7.86. The fourth-order valence-electron chi connectivity index (χ4n) is 1.37. The van der Waals surface area contributed by atoms with Crippen LogP contribution in [-0.4, -0.2) is 34.8 Å². The number of rotatable bonds is 2. The molecule has 0 saturated heterocycles. The SMILES string of the molecule is O=C(Nc1ncccn1)C1=NCCCCN1. The van der Waals surface area contributed by atoms with Crippen LogP contribution in [0.25, 0.3) is 0 Å². The molecule has 1 aliphatic heterocycles. The number of nitrogens with one attached hydrogen (secondary N) is 2. The summed E-state index contributed by atoms with van der Waals surface area (Å²) in [5.74, 6) is 0.374. The van der Waals surface area contributed by atoms with E-state index in [9.17, 15) is 4.79 Å². The molecular formula is C10H13N5O. The van der Waals surface area contributed by atoms with Gasteiger partial charge in [-0.3, -0.25) is 15.1 Å². The average Bonchev–Trinajstić information content (AvgIpc) is 2.59. The second kappa shape index (κ2) is 5.20. The summed E-state index contributed by atoms with van der Waals surface area (Å²) in [6, 6.07) is 1.69. The Kier molecular flexibility index (Phi) is 3.42. The maximum absolute atomic E-state index is 11.7. The van der Waals surface area contributed by atoms with Gasteiger partial charge in [-0.15, -0.1) is 0 Å². The molecule has 0 saturated carbocycles. The summed E-state index contributed by atoms with van der Waals surface area (Å²) in [5, 5.41) is 5.57. The zero-order chi connectivity index (χ0) is 11.2. The maximum Gasteiger partial charge on any atom is 0.293 e. The number of nitrogens with zero attached hydrogens (tertiary/aromatic N) is 3. The molecule has 1 aromatic rings. The number of carbonyl (C=O) groups excluding carboxylic acids is 1. The Bertz CT molecular complexity index is 389. The van der Waals surface area contributed by atoms with Crippen LogP contribution in [0.2, 0.25) is 0 Å². The molecule has 0 aliphatic carbocycles. The van der Waals surface area contributed by atoms with Crippen molar-refractivity contribution in [3.8, 4) is 0 Å². The summed E-state index contributed by atoms with van der Waals surface area (Å²) < 4.78 is 0. The van der Waals surface area contributed by atoms with Crippen molar-refractivity contribution in [2.24, 2.45) is 4.99 Å². The summed E-state index contributed by atoms with van der Waals surface area (Å²) in [6.07, 6.45) is 5.18. The number of amides is 1. The largest absolute Gasteiger partial charge is 0.366 e. The van der Waals surface area contributed by atoms with Crippen LogP contribution in [0.15, 0.2) is 23.5 Å². The van der Waals surface area contributed by atoms with Crippen LogP contribution >= 0.6 is 0 Å². The second-order valence-electron chi connectivity index (χ2n) is 3.39. The highest BCUT2D eigenvalue weighted by Gasteiger charge is 2.13. The van der Waals surface area contributed by atoms with Crippen molar-refractivity contribution in [1.82, 2.24) is 15.3 Å². The second-order valence-corrected chi connectivity index (χ2v) is 3.39. The fraction of sp³-hybridized carbons (Fsp3) is 0.400. The number of carbonyl (C=O) groups is 1. The van der Waals surface area contributed by atoms with E-state index in [0.29, 0.717) is 18.3 Å². The quantitative estimate of drug-likeness (QED) is 0.744. The van der Waals surface area contributed by atoms with Gasteiger partial charge in [0.1, 0.15) is 0 Å². The Labute approximate surface area is 93.2 Å². The molecule has 6 nitrogen and oxygen atoms in total. The molecule has 1 aromatic heterocycles. The number of amidine groups is 1. The number of anilines is 1. The third-order valence-electron chi connectivity index (χ3n) is 2.15. The molecule has 1 amide bonds. The van der Waals surface area contributed by atoms with Gasteiger partial charge in [0.15, 0.2) is 5.84 Å². The third-order valence-corrected chi connectivity index (χ3v) is 2.15. The van der Waals surface area contributed by atoms with Crippen LogP contribution in [0.3, 0.4) is 0 Å². The van der Waals surface area contributed by atoms with Gasteiger partial charge in [0, 0.05) is 25.5 Å². The highest BCUT2D eigenvalue weighted by Crippen LogP contribution is 1.97. The van der Waals surface area contributed by atoms with Crippen molar-refractivity contribution >= 4 is 17.7 Å². The molecule has 6 heteroatoms. The van der Waals surface area contributed by atoms with Crippen molar-refractivity contribution in [3.63, 3.8) is 0 Å². The summed E-state index contributed by atoms with van der Waals surface area (Å²) in [4.78, 5) is 23.7. The van der Waals surface area contributed by atoms with Crippen LogP contribution in [0, 0.1) is 0 Å². The van der Waals surface area contributed by atoms with Gasteiger partial charge < -0.3 is 5.32 Å². The van der Waals surface area contributed by atoms with Crippen molar-refractivity contribution in [2.45, 2.75) is 12.8 Å². The Morgan fingerprint density at radius 2 is 2.12 bits per heavy atom. The topological polar surface area (TPSA) is 79.3 Å². The minimum Gasteiger partial charge on any atom is -0.366 e. The normalized spacial score (nSPS) is 15.6. The summed E-state index contributed by atoms with van der Waals surface area (Å²) >= 11 is 0. The van der Waals surface area contributed by atoms with Gasteiger partial charge in [0.25, 0.3) is 5.91 Å². The van der Waals surface area contributed by atoms with E-state index in [2.05, 4.69) is 25.6 Å². The summed E-state index contributed by atoms with van der Waals surface area (Å²) in [5.41, 5.74) is 0. The Hall–Kier alpha value is -1.98. The predicted octanol–water partition coefficient (Wildman–Crippen LogP) is 0.197. The van der Waals surface area contributed by atoms with Crippen LogP contribution in [0.4, 0.5) is 5.95 Å². The smallest absolute Gasteiger partial charge is 0.293 e. The van der Waals surface area contributed by atoms with Crippen LogP contribution in [0.1, 0.15) is 12.8 Å². The molecule has 0 fully saturated rings. The molecule has 0 unspecified atom stereocenters. The van der Waals surface area contributed by atoms with Gasteiger partial charge in [-0.2, -0.15) is 0 Å². The number of aliphatic imine (C=N–C) groups is 1. The van der Waals surface area contributed by atoms with Gasteiger partial charge >= 0.3 is 0 Å². The van der Waals surface area contributed by atoms with E-state index in [1.165, 1.54) is 0 Å². The molecule has 2 heterocycles. The first-order valence-corrected chi connectivity index (χ1v) is 5.23. The van der Waals surface area contributed by atoms with Crippen molar-refractivity contribution < 1.29 is 4.79 Å². The van der Waals surface area contributed by atoms with Gasteiger partial charge in [-0.1, -0.05) is 0 Å². The Balaban J connectivity index is 2.00. The highest BCUT2D eigenvalue weighted by atomic mass is 16.2. The van der Waals surface area contributed by atoms with Crippen LogP contribution in [-0.2, 0) is 4.79 Å². The lowest BCUT2D eigenvalue weighted by atomic mass is 10.3. The number of hydrogen-bond acceptors (Lipinski definition) is 5. The minimum atomic E-state index is -0.284.